The van der Waals surface area contributed by atoms with Crippen LogP contribution >= 0.6 is 0 Å². The molecular formula is C27H45N7. The third kappa shape index (κ3) is 9.12. The van der Waals surface area contributed by atoms with Crippen molar-refractivity contribution >= 4 is 5.71 Å². The van der Waals surface area contributed by atoms with Crippen molar-refractivity contribution in [3.8, 4) is 0 Å². The molecule has 0 N–H and O–H groups in total. The first kappa shape index (κ1) is 29.1. The highest BCUT2D eigenvalue weighted by Gasteiger charge is 2.12. The first-order chi connectivity index (χ1) is 16.1. The summed E-state index contributed by atoms with van der Waals surface area (Å²) in [7, 11) is 1.80. The lowest BCUT2D eigenvalue weighted by Crippen LogP contribution is -2.13. The summed E-state index contributed by atoms with van der Waals surface area (Å²) >= 11 is 0. The van der Waals surface area contributed by atoms with E-state index in [0.717, 1.165) is 37.5 Å². The van der Waals surface area contributed by atoms with E-state index < -0.39 is 0 Å². The topological polar surface area (TPSA) is 65.8 Å². The normalized spacial score (nSPS) is 11.9. The van der Waals surface area contributed by atoms with Crippen LogP contribution in [-0.4, -0.2) is 42.1 Å². The highest BCUT2D eigenvalue weighted by molar-refractivity contribution is 5.93. The maximum Gasteiger partial charge on any atom is 0.133 e. The van der Waals surface area contributed by atoms with Crippen molar-refractivity contribution in [2.45, 2.75) is 95.3 Å². The van der Waals surface area contributed by atoms with Crippen LogP contribution in [0, 0.1) is 27.7 Å². The Morgan fingerprint density at radius 2 is 1.35 bits per heavy atom. The SMILES string of the molecule is CC.CCn1nc(C)cc1C.CN=C(C)C=C(C)C.Cc1cc2nn1Cn1nc(cc1C)CC2. The smallest absolute Gasteiger partial charge is 0.133 e. The molecule has 4 rings (SSSR count). The maximum absolute atomic E-state index is 4.56. The van der Waals surface area contributed by atoms with E-state index >= 15 is 0 Å². The van der Waals surface area contributed by atoms with Gasteiger partial charge >= 0.3 is 0 Å². The minimum Gasteiger partial charge on any atom is -0.293 e. The second-order valence-corrected chi connectivity index (χ2v) is 8.52. The predicted octanol–water partition coefficient (Wildman–Crippen LogP) is 5.89. The molecule has 0 aliphatic carbocycles. The van der Waals surface area contributed by atoms with E-state index in [0.29, 0.717) is 0 Å². The highest BCUT2D eigenvalue weighted by atomic mass is 15.4. The van der Waals surface area contributed by atoms with Gasteiger partial charge in [0.15, 0.2) is 0 Å². The van der Waals surface area contributed by atoms with Gasteiger partial charge < -0.3 is 0 Å². The number of rotatable bonds is 2. The van der Waals surface area contributed by atoms with E-state index in [1.54, 1.807) is 7.05 Å². The van der Waals surface area contributed by atoms with Gasteiger partial charge in [-0.3, -0.25) is 9.67 Å². The monoisotopic (exact) mass is 467 g/mol. The molecule has 1 aliphatic rings. The molecule has 188 valence electrons. The number of hydrogen-bond acceptors (Lipinski definition) is 4. The summed E-state index contributed by atoms with van der Waals surface area (Å²) in [6, 6.07) is 6.42. The Morgan fingerprint density at radius 3 is 1.65 bits per heavy atom. The van der Waals surface area contributed by atoms with E-state index in [-0.39, 0.29) is 0 Å². The van der Waals surface area contributed by atoms with Crippen molar-refractivity contribution in [2.75, 3.05) is 7.05 Å². The van der Waals surface area contributed by atoms with Gasteiger partial charge in [0, 0.05) is 36.4 Å². The molecule has 0 amide bonds. The van der Waals surface area contributed by atoms with Gasteiger partial charge in [-0.25, -0.2) is 9.36 Å². The summed E-state index contributed by atoms with van der Waals surface area (Å²) in [6.45, 7) is 22.2. The molecule has 0 fully saturated rings. The number of aryl methyl sites for hydroxylation is 7. The van der Waals surface area contributed by atoms with Crippen LogP contribution in [-0.2, 0) is 26.1 Å². The van der Waals surface area contributed by atoms with E-state index in [4.69, 9.17) is 0 Å². The van der Waals surface area contributed by atoms with Crippen LogP contribution in [0.15, 0.2) is 34.8 Å². The fourth-order valence-corrected chi connectivity index (χ4v) is 3.55. The van der Waals surface area contributed by atoms with Crippen molar-refractivity contribution in [3.63, 3.8) is 0 Å². The third-order valence-electron chi connectivity index (χ3n) is 5.22. The summed E-state index contributed by atoms with van der Waals surface area (Å²) in [5, 5.41) is 13.4. The molecular weight excluding hydrogens is 422 g/mol. The Labute approximate surface area is 206 Å². The fraction of sp³-hybridized carbons (Fsp3) is 0.556. The van der Waals surface area contributed by atoms with Crippen molar-refractivity contribution in [1.29, 1.82) is 0 Å². The number of fused-ring (bicyclic) bond motifs is 4. The van der Waals surface area contributed by atoms with Gasteiger partial charge in [-0.05, 0) is 92.5 Å². The van der Waals surface area contributed by atoms with Crippen molar-refractivity contribution in [3.05, 3.63) is 64.0 Å². The van der Waals surface area contributed by atoms with Crippen molar-refractivity contribution in [1.82, 2.24) is 29.3 Å². The first-order valence-corrected chi connectivity index (χ1v) is 12.3. The largest absolute Gasteiger partial charge is 0.293 e. The maximum atomic E-state index is 4.56. The van der Waals surface area contributed by atoms with E-state index in [2.05, 4.69) is 86.1 Å². The van der Waals surface area contributed by atoms with E-state index in [1.807, 2.05) is 41.7 Å². The Morgan fingerprint density at radius 1 is 0.853 bits per heavy atom. The third-order valence-corrected chi connectivity index (χ3v) is 5.22. The molecule has 0 saturated carbocycles. The molecule has 4 bridgehead atoms. The van der Waals surface area contributed by atoms with Gasteiger partial charge in [0.25, 0.3) is 0 Å². The molecule has 3 aromatic heterocycles. The molecule has 7 nitrogen and oxygen atoms in total. The number of aromatic nitrogens is 6. The molecule has 0 saturated heterocycles. The molecule has 7 heteroatoms. The van der Waals surface area contributed by atoms with Crippen molar-refractivity contribution in [2.24, 2.45) is 4.99 Å². The van der Waals surface area contributed by atoms with Gasteiger partial charge in [0.05, 0.1) is 17.1 Å². The number of hydrogen-bond donors (Lipinski definition) is 0. The van der Waals surface area contributed by atoms with Gasteiger partial charge in [0.2, 0.25) is 0 Å². The highest BCUT2D eigenvalue weighted by Crippen LogP contribution is 2.13. The molecule has 0 spiro atoms. The molecule has 4 heterocycles. The minimum absolute atomic E-state index is 0.734. The average Bonchev–Trinajstić information content (AvgIpc) is 3.46. The van der Waals surface area contributed by atoms with Crippen LogP contribution in [0.4, 0.5) is 0 Å². The van der Waals surface area contributed by atoms with E-state index in [9.17, 15) is 0 Å². The zero-order chi connectivity index (χ0) is 25.8. The lowest BCUT2D eigenvalue weighted by molar-refractivity contribution is 0.483. The quantitative estimate of drug-likeness (QED) is 0.441. The molecule has 34 heavy (non-hydrogen) atoms. The van der Waals surface area contributed by atoms with Crippen LogP contribution in [0.1, 0.15) is 75.7 Å². The average molecular weight is 468 g/mol. The fourth-order valence-electron chi connectivity index (χ4n) is 3.55. The second-order valence-electron chi connectivity index (χ2n) is 8.52. The minimum atomic E-state index is 0.734. The number of nitrogens with zero attached hydrogens (tertiary/aromatic N) is 7. The van der Waals surface area contributed by atoms with Crippen molar-refractivity contribution < 1.29 is 0 Å². The van der Waals surface area contributed by atoms with Crippen LogP contribution < -0.4 is 0 Å². The van der Waals surface area contributed by atoms with Gasteiger partial charge in [0.1, 0.15) is 6.67 Å². The van der Waals surface area contributed by atoms with Crippen LogP contribution in [0.25, 0.3) is 0 Å². The lowest BCUT2D eigenvalue weighted by Gasteiger charge is -2.06. The zero-order valence-corrected chi connectivity index (χ0v) is 23.3. The Balaban J connectivity index is 0.000000264. The summed E-state index contributed by atoms with van der Waals surface area (Å²) in [5.74, 6) is 0. The standard InChI is InChI=1S/C11H14N4.C7H12N2.C7H13N.C2H6/c1-8-5-10-3-4-11-6-9(2)15(13-11)7-14(8)12-10;1-4-9-7(3)5-6(2)8-9;1-6(2)5-7(3)8-4;1-2/h5-6H,3-4,7H2,1-2H3;5H,4H2,1-3H3;5H,1-4H3;1-2H3. The Bertz CT molecular complexity index is 1030. The molecule has 3 aromatic rings. The summed E-state index contributed by atoms with van der Waals surface area (Å²) in [5.41, 5.74) is 9.51. The van der Waals surface area contributed by atoms with Gasteiger partial charge in [-0.1, -0.05) is 19.4 Å². The van der Waals surface area contributed by atoms with Crippen LogP contribution in [0.5, 0.6) is 0 Å². The molecule has 0 aromatic carbocycles. The molecule has 1 aliphatic heterocycles. The van der Waals surface area contributed by atoms with Crippen LogP contribution in [0.3, 0.4) is 0 Å². The Kier molecular flexibility index (Phi) is 12.3. The van der Waals surface area contributed by atoms with Gasteiger partial charge in [-0.15, -0.1) is 0 Å². The zero-order valence-electron chi connectivity index (χ0n) is 23.3. The molecule has 0 unspecified atom stereocenters. The number of allylic oxidation sites excluding steroid dienone is 2. The first-order valence-electron chi connectivity index (χ1n) is 12.3. The Hall–Kier alpha value is -2.96. The molecule has 0 radical (unpaired) electrons. The summed E-state index contributed by atoms with van der Waals surface area (Å²) in [6.07, 6.45) is 4.04. The molecule has 0 atom stereocenters. The van der Waals surface area contributed by atoms with Crippen LogP contribution in [0.2, 0.25) is 0 Å². The summed E-state index contributed by atoms with van der Waals surface area (Å²) < 4.78 is 6.03. The van der Waals surface area contributed by atoms with Gasteiger partial charge in [-0.2, -0.15) is 15.3 Å². The second kappa shape index (κ2) is 14.3. The number of aliphatic imine (C=N–C) groups is 1. The summed E-state index contributed by atoms with van der Waals surface area (Å²) in [4.78, 5) is 3.97. The van der Waals surface area contributed by atoms with E-state index in [1.165, 1.54) is 34.0 Å². The lowest BCUT2D eigenvalue weighted by atomic mass is 10.2. The predicted molar refractivity (Wildman–Crippen MR) is 144 cm³/mol.